The van der Waals surface area contributed by atoms with Crippen molar-refractivity contribution >= 4 is 0 Å². The van der Waals surface area contributed by atoms with E-state index in [1.807, 2.05) is 0 Å². The highest BCUT2D eigenvalue weighted by molar-refractivity contribution is 4.48. The Morgan fingerprint density at radius 1 is 0.647 bits per heavy atom. The van der Waals surface area contributed by atoms with Gasteiger partial charge in [-0.2, -0.15) is 0 Å². The second-order valence-corrected chi connectivity index (χ2v) is 4.39. The quantitative estimate of drug-likeness (QED) is 0.477. The molecule has 0 bridgehead atoms. The van der Waals surface area contributed by atoms with Crippen LogP contribution in [0.4, 0.5) is 0 Å². The van der Waals surface area contributed by atoms with Crippen molar-refractivity contribution in [3.8, 4) is 0 Å². The van der Waals surface area contributed by atoms with E-state index >= 15 is 0 Å². The van der Waals surface area contributed by atoms with E-state index in [1.54, 1.807) is 0 Å². The van der Waals surface area contributed by atoms with Crippen LogP contribution in [0.25, 0.3) is 0 Å². The van der Waals surface area contributed by atoms with Gasteiger partial charge in [0.15, 0.2) is 0 Å². The molecular formula is C14H31NO2. The average Bonchev–Trinajstić information content (AvgIpc) is 2.35. The summed E-state index contributed by atoms with van der Waals surface area (Å²) in [6.07, 6.45) is 7.64. The summed E-state index contributed by atoms with van der Waals surface area (Å²) < 4.78 is 10.9. The predicted octanol–water partition coefficient (Wildman–Crippen LogP) is 2.99. The summed E-state index contributed by atoms with van der Waals surface area (Å²) in [5, 5.41) is 3.39. The molecular weight excluding hydrogens is 214 g/mol. The first-order valence-electron chi connectivity index (χ1n) is 7.28. The molecule has 0 fully saturated rings. The van der Waals surface area contributed by atoms with Crippen molar-refractivity contribution < 1.29 is 9.47 Å². The molecule has 17 heavy (non-hydrogen) atoms. The van der Waals surface area contributed by atoms with Gasteiger partial charge in [0.2, 0.25) is 0 Å². The van der Waals surface area contributed by atoms with E-state index in [1.165, 1.54) is 32.1 Å². The number of rotatable bonds is 14. The van der Waals surface area contributed by atoms with Gasteiger partial charge in [-0.05, 0) is 19.4 Å². The standard InChI is InChI=1S/C14H31NO2/c1-3-5-7-8-9-15-10-12-17-14-13-16-11-6-4-2/h15H,3-14H2,1-2H3. The normalized spacial score (nSPS) is 10.9. The van der Waals surface area contributed by atoms with Crippen molar-refractivity contribution in [3.63, 3.8) is 0 Å². The highest BCUT2D eigenvalue weighted by atomic mass is 16.5. The molecule has 0 saturated carbocycles. The van der Waals surface area contributed by atoms with E-state index in [2.05, 4.69) is 19.2 Å². The molecule has 0 aliphatic carbocycles. The molecule has 0 heterocycles. The molecule has 104 valence electrons. The molecule has 0 atom stereocenters. The minimum absolute atomic E-state index is 0.723. The van der Waals surface area contributed by atoms with Gasteiger partial charge in [0.1, 0.15) is 0 Å². The van der Waals surface area contributed by atoms with Crippen LogP contribution in [0.1, 0.15) is 52.4 Å². The lowest BCUT2D eigenvalue weighted by Gasteiger charge is -2.06. The van der Waals surface area contributed by atoms with Gasteiger partial charge in [-0.3, -0.25) is 0 Å². The van der Waals surface area contributed by atoms with Gasteiger partial charge in [0.25, 0.3) is 0 Å². The molecule has 3 heteroatoms. The molecule has 0 aromatic rings. The van der Waals surface area contributed by atoms with E-state index in [9.17, 15) is 0 Å². The van der Waals surface area contributed by atoms with Crippen LogP contribution in [-0.2, 0) is 9.47 Å². The van der Waals surface area contributed by atoms with E-state index in [0.29, 0.717) is 0 Å². The Bertz CT molecular complexity index is 117. The molecule has 0 aromatic heterocycles. The first-order valence-corrected chi connectivity index (χ1v) is 7.28. The number of hydrogen-bond acceptors (Lipinski definition) is 3. The first-order chi connectivity index (χ1) is 8.41. The van der Waals surface area contributed by atoms with Crippen molar-refractivity contribution in [2.75, 3.05) is 39.5 Å². The fraction of sp³-hybridized carbons (Fsp3) is 1.00. The summed E-state index contributed by atoms with van der Waals surface area (Å²) in [6.45, 7) is 9.62. The maximum Gasteiger partial charge on any atom is 0.0701 e. The maximum absolute atomic E-state index is 5.45. The van der Waals surface area contributed by atoms with E-state index in [-0.39, 0.29) is 0 Å². The molecule has 0 radical (unpaired) electrons. The third kappa shape index (κ3) is 15.9. The Morgan fingerprint density at radius 2 is 1.35 bits per heavy atom. The summed E-state index contributed by atoms with van der Waals surface area (Å²) in [4.78, 5) is 0. The number of hydrogen-bond donors (Lipinski definition) is 1. The molecule has 3 nitrogen and oxygen atoms in total. The fourth-order valence-electron chi connectivity index (χ4n) is 1.51. The number of unbranched alkanes of at least 4 members (excludes halogenated alkanes) is 4. The molecule has 0 rings (SSSR count). The third-order valence-electron chi connectivity index (χ3n) is 2.64. The summed E-state index contributed by atoms with van der Waals surface area (Å²) in [5.41, 5.74) is 0. The summed E-state index contributed by atoms with van der Waals surface area (Å²) in [6, 6.07) is 0. The zero-order valence-electron chi connectivity index (χ0n) is 11.8. The molecule has 0 saturated heterocycles. The zero-order chi connectivity index (χ0) is 12.6. The molecule has 0 amide bonds. The van der Waals surface area contributed by atoms with Crippen LogP contribution in [0.15, 0.2) is 0 Å². The van der Waals surface area contributed by atoms with Gasteiger partial charge in [-0.25, -0.2) is 0 Å². The third-order valence-corrected chi connectivity index (χ3v) is 2.64. The lowest BCUT2D eigenvalue weighted by molar-refractivity contribution is 0.0478. The number of nitrogens with one attached hydrogen (secondary N) is 1. The zero-order valence-corrected chi connectivity index (χ0v) is 11.8. The van der Waals surface area contributed by atoms with Crippen molar-refractivity contribution in [1.29, 1.82) is 0 Å². The Hall–Kier alpha value is -0.120. The van der Waals surface area contributed by atoms with E-state index in [4.69, 9.17) is 9.47 Å². The minimum atomic E-state index is 0.723. The molecule has 0 spiro atoms. The molecule has 0 unspecified atom stereocenters. The molecule has 1 N–H and O–H groups in total. The Labute approximate surface area is 107 Å². The first kappa shape index (κ1) is 16.9. The van der Waals surface area contributed by atoms with Gasteiger partial charge < -0.3 is 14.8 Å². The van der Waals surface area contributed by atoms with E-state index in [0.717, 1.165) is 45.9 Å². The van der Waals surface area contributed by atoms with Gasteiger partial charge in [0.05, 0.1) is 19.8 Å². The largest absolute Gasteiger partial charge is 0.379 e. The van der Waals surface area contributed by atoms with Crippen LogP contribution in [0, 0.1) is 0 Å². The topological polar surface area (TPSA) is 30.5 Å². The average molecular weight is 245 g/mol. The Morgan fingerprint density at radius 3 is 2.06 bits per heavy atom. The SMILES string of the molecule is CCCCCCNCCOCCOCCCC. The van der Waals surface area contributed by atoms with Gasteiger partial charge >= 0.3 is 0 Å². The van der Waals surface area contributed by atoms with Gasteiger partial charge in [-0.15, -0.1) is 0 Å². The summed E-state index contributed by atoms with van der Waals surface area (Å²) in [7, 11) is 0. The predicted molar refractivity (Wildman–Crippen MR) is 73.6 cm³/mol. The summed E-state index contributed by atoms with van der Waals surface area (Å²) >= 11 is 0. The second-order valence-electron chi connectivity index (χ2n) is 4.39. The fourth-order valence-corrected chi connectivity index (χ4v) is 1.51. The smallest absolute Gasteiger partial charge is 0.0701 e. The Kier molecular flexibility index (Phi) is 15.8. The van der Waals surface area contributed by atoms with Crippen LogP contribution in [-0.4, -0.2) is 39.5 Å². The lowest BCUT2D eigenvalue weighted by atomic mass is 10.2. The maximum atomic E-state index is 5.45. The van der Waals surface area contributed by atoms with Crippen LogP contribution >= 0.6 is 0 Å². The van der Waals surface area contributed by atoms with E-state index < -0.39 is 0 Å². The second kappa shape index (κ2) is 15.9. The van der Waals surface area contributed by atoms with Gasteiger partial charge in [0, 0.05) is 13.2 Å². The molecule has 0 aliphatic rings. The van der Waals surface area contributed by atoms with Crippen LogP contribution in [0.3, 0.4) is 0 Å². The minimum Gasteiger partial charge on any atom is -0.379 e. The van der Waals surface area contributed by atoms with Crippen LogP contribution < -0.4 is 5.32 Å². The van der Waals surface area contributed by atoms with Crippen molar-refractivity contribution in [2.24, 2.45) is 0 Å². The highest BCUT2D eigenvalue weighted by Gasteiger charge is 1.91. The van der Waals surface area contributed by atoms with Crippen LogP contribution in [0.5, 0.6) is 0 Å². The van der Waals surface area contributed by atoms with Gasteiger partial charge in [-0.1, -0.05) is 39.5 Å². The van der Waals surface area contributed by atoms with Crippen molar-refractivity contribution in [3.05, 3.63) is 0 Å². The lowest BCUT2D eigenvalue weighted by Crippen LogP contribution is -2.21. The van der Waals surface area contributed by atoms with Crippen molar-refractivity contribution in [1.82, 2.24) is 5.32 Å². The number of ether oxygens (including phenoxy) is 2. The monoisotopic (exact) mass is 245 g/mol. The Balaban J connectivity index is 2.85. The highest BCUT2D eigenvalue weighted by Crippen LogP contribution is 1.96. The van der Waals surface area contributed by atoms with Crippen molar-refractivity contribution in [2.45, 2.75) is 52.4 Å². The van der Waals surface area contributed by atoms with Crippen LogP contribution in [0.2, 0.25) is 0 Å². The molecule has 0 aromatic carbocycles. The summed E-state index contributed by atoms with van der Waals surface area (Å²) in [5.74, 6) is 0. The molecule has 0 aliphatic heterocycles.